The topological polar surface area (TPSA) is 72.6 Å². The van der Waals surface area contributed by atoms with Crippen LogP contribution in [-0.4, -0.2) is 17.4 Å². The molecule has 0 aromatic heterocycles. The Morgan fingerprint density at radius 2 is 1.88 bits per heavy atom. The smallest absolute Gasteiger partial charge is 0.480 e. The molecule has 0 bridgehead atoms. The Kier molecular flexibility index (Phi) is 5.24. The SMILES string of the molecule is Cl.NC(C(=O)O)c1ccccc1OC(F)(F)F. The van der Waals surface area contributed by atoms with E-state index in [-0.39, 0.29) is 18.0 Å². The summed E-state index contributed by atoms with van der Waals surface area (Å²) < 4.78 is 39.6. The van der Waals surface area contributed by atoms with Gasteiger partial charge >= 0.3 is 12.3 Å². The van der Waals surface area contributed by atoms with E-state index in [2.05, 4.69) is 4.74 Å². The van der Waals surface area contributed by atoms with Crippen molar-refractivity contribution in [2.24, 2.45) is 5.73 Å². The van der Waals surface area contributed by atoms with E-state index in [1.165, 1.54) is 18.2 Å². The standard InChI is InChI=1S/C9H8F3NO3.ClH/c10-9(11,12)16-6-4-2-1-3-5(6)7(13)8(14)15;/h1-4,7H,13H2,(H,14,15);1H. The lowest BCUT2D eigenvalue weighted by atomic mass is 10.1. The second kappa shape index (κ2) is 5.74. The predicted octanol–water partition coefficient (Wildman–Crippen LogP) is 2.09. The second-order valence-electron chi connectivity index (χ2n) is 2.90. The normalized spacial score (nSPS) is 12.5. The van der Waals surface area contributed by atoms with Crippen molar-refractivity contribution in [2.45, 2.75) is 12.4 Å². The Hall–Kier alpha value is -1.47. The molecule has 3 N–H and O–H groups in total. The molecule has 1 aromatic rings. The van der Waals surface area contributed by atoms with E-state index in [4.69, 9.17) is 10.8 Å². The minimum absolute atomic E-state index is 0. The van der Waals surface area contributed by atoms with Crippen molar-refractivity contribution in [3.63, 3.8) is 0 Å². The predicted molar refractivity (Wildman–Crippen MR) is 54.9 cm³/mol. The van der Waals surface area contributed by atoms with E-state index in [0.29, 0.717) is 0 Å². The van der Waals surface area contributed by atoms with Gasteiger partial charge in [0.05, 0.1) is 0 Å². The summed E-state index contributed by atoms with van der Waals surface area (Å²) >= 11 is 0. The number of carboxylic acids is 1. The van der Waals surface area contributed by atoms with E-state index < -0.39 is 24.1 Å². The third-order valence-electron chi connectivity index (χ3n) is 1.75. The molecule has 0 aliphatic heterocycles. The molecule has 0 aliphatic carbocycles. The summed E-state index contributed by atoms with van der Waals surface area (Å²) in [6.45, 7) is 0. The van der Waals surface area contributed by atoms with Crippen LogP contribution in [0.1, 0.15) is 11.6 Å². The minimum Gasteiger partial charge on any atom is -0.480 e. The van der Waals surface area contributed by atoms with E-state index in [0.717, 1.165) is 6.07 Å². The molecule has 17 heavy (non-hydrogen) atoms. The number of hydrogen-bond donors (Lipinski definition) is 2. The molecule has 0 amide bonds. The number of alkyl halides is 3. The summed E-state index contributed by atoms with van der Waals surface area (Å²) in [4.78, 5) is 10.6. The number of aliphatic carboxylic acids is 1. The van der Waals surface area contributed by atoms with Crippen LogP contribution >= 0.6 is 12.4 Å². The van der Waals surface area contributed by atoms with Gasteiger partial charge in [0.15, 0.2) is 0 Å². The summed E-state index contributed by atoms with van der Waals surface area (Å²) in [6.07, 6.45) is -4.88. The van der Waals surface area contributed by atoms with Gasteiger partial charge in [-0.15, -0.1) is 25.6 Å². The van der Waals surface area contributed by atoms with Crippen LogP contribution in [-0.2, 0) is 4.79 Å². The molecule has 8 heteroatoms. The average molecular weight is 272 g/mol. The van der Waals surface area contributed by atoms with Gasteiger partial charge in [0.25, 0.3) is 0 Å². The van der Waals surface area contributed by atoms with Crippen molar-refractivity contribution >= 4 is 18.4 Å². The van der Waals surface area contributed by atoms with Crippen molar-refractivity contribution in [1.29, 1.82) is 0 Å². The first-order chi connectivity index (χ1) is 7.31. The van der Waals surface area contributed by atoms with Crippen LogP contribution in [0.3, 0.4) is 0 Å². The summed E-state index contributed by atoms with van der Waals surface area (Å²) in [5.74, 6) is -2.04. The summed E-state index contributed by atoms with van der Waals surface area (Å²) in [7, 11) is 0. The van der Waals surface area contributed by atoms with Crippen molar-refractivity contribution in [1.82, 2.24) is 0 Å². The number of carboxylic acid groups (broad SMARTS) is 1. The van der Waals surface area contributed by atoms with E-state index in [9.17, 15) is 18.0 Å². The van der Waals surface area contributed by atoms with Gasteiger partial charge in [-0.1, -0.05) is 18.2 Å². The van der Waals surface area contributed by atoms with Crippen LogP contribution in [0.15, 0.2) is 24.3 Å². The van der Waals surface area contributed by atoms with Gasteiger partial charge in [0, 0.05) is 5.56 Å². The van der Waals surface area contributed by atoms with Crippen LogP contribution in [0.25, 0.3) is 0 Å². The van der Waals surface area contributed by atoms with Crippen molar-refractivity contribution < 1.29 is 27.8 Å². The number of para-hydroxylation sites is 1. The first-order valence-corrected chi connectivity index (χ1v) is 4.14. The molecule has 0 saturated carbocycles. The molecule has 0 heterocycles. The lowest BCUT2D eigenvalue weighted by Crippen LogP contribution is -2.24. The summed E-state index contributed by atoms with van der Waals surface area (Å²) in [6, 6.07) is 3.28. The number of halogens is 4. The van der Waals surface area contributed by atoms with Crippen LogP contribution in [0.5, 0.6) is 5.75 Å². The lowest BCUT2D eigenvalue weighted by Gasteiger charge is -2.15. The first-order valence-electron chi connectivity index (χ1n) is 4.14. The van der Waals surface area contributed by atoms with Crippen molar-refractivity contribution in [3.05, 3.63) is 29.8 Å². The number of rotatable bonds is 3. The van der Waals surface area contributed by atoms with Gasteiger partial charge in [0.1, 0.15) is 11.8 Å². The molecule has 0 saturated heterocycles. The van der Waals surface area contributed by atoms with E-state index in [1.54, 1.807) is 0 Å². The highest BCUT2D eigenvalue weighted by molar-refractivity contribution is 5.85. The molecular formula is C9H9ClF3NO3. The van der Waals surface area contributed by atoms with Gasteiger partial charge in [0.2, 0.25) is 0 Å². The van der Waals surface area contributed by atoms with Crippen LogP contribution in [0.4, 0.5) is 13.2 Å². The molecule has 0 fully saturated rings. The molecule has 4 nitrogen and oxygen atoms in total. The Morgan fingerprint density at radius 1 is 1.35 bits per heavy atom. The fourth-order valence-corrected chi connectivity index (χ4v) is 1.09. The Morgan fingerprint density at radius 3 is 2.35 bits per heavy atom. The van der Waals surface area contributed by atoms with Crippen LogP contribution in [0.2, 0.25) is 0 Å². The van der Waals surface area contributed by atoms with Gasteiger partial charge in [-0.3, -0.25) is 4.79 Å². The molecule has 1 rings (SSSR count). The minimum atomic E-state index is -4.88. The zero-order chi connectivity index (χ0) is 12.3. The van der Waals surface area contributed by atoms with E-state index in [1.807, 2.05) is 0 Å². The molecule has 1 atom stereocenters. The molecule has 96 valence electrons. The zero-order valence-electron chi connectivity index (χ0n) is 8.27. The van der Waals surface area contributed by atoms with Crippen molar-refractivity contribution in [3.8, 4) is 5.75 Å². The molecule has 0 aliphatic rings. The first kappa shape index (κ1) is 15.5. The monoisotopic (exact) mass is 271 g/mol. The Balaban J connectivity index is 0.00000256. The lowest BCUT2D eigenvalue weighted by molar-refractivity contribution is -0.275. The maximum Gasteiger partial charge on any atom is 0.573 e. The third-order valence-corrected chi connectivity index (χ3v) is 1.75. The zero-order valence-corrected chi connectivity index (χ0v) is 9.09. The van der Waals surface area contributed by atoms with Gasteiger partial charge < -0.3 is 15.6 Å². The molecule has 1 aromatic carbocycles. The number of nitrogens with two attached hydrogens (primary N) is 1. The van der Waals surface area contributed by atoms with Crippen LogP contribution < -0.4 is 10.5 Å². The highest BCUT2D eigenvalue weighted by Gasteiger charge is 2.33. The summed E-state index contributed by atoms with van der Waals surface area (Å²) in [5, 5.41) is 8.60. The molecule has 0 radical (unpaired) electrons. The fraction of sp³-hybridized carbons (Fsp3) is 0.222. The largest absolute Gasteiger partial charge is 0.573 e. The third kappa shape index (κ3) is 4.49. The van der Waals surface area contributed by atoms with Crippen molar-refractivity contribution in [2.75, 3.05) is 0 Å². The Bertz CT molecular complexity index is 397. The average Bonchev–Trinajstić information content (AvgIpc) is 2.15. The van der Waals surface area contributed by atoms with Gasteiger partial charge in [-0.2, -0.15) is 0 Å². The number of ether oxygens (including phenoxy) is 1. The number of carbonyl (C=O) groups is 1. The van der Waals surface area contributed by atoms with Gasteiger partial charge in [-0.05, 0) is 6.07 Å². The number of hydrogen-bond acceptors (Lipinski definition) is 3. The molecule has 0 spiro atoms. The highest BCUT2D eigenvalue weighted by Crippen LogP contribution is 2.29. The van der Waals surface area contributed by atoms with E-state index >= 15 is 0 Å². The summed E-state index contributed by atoms with van der Waals surface area (Å²) in [5.41, 5.74) is 4.98. The van der Waals surface area contributed by atoms with Gasteiger partial charge in [-0.25, -0.2) is 0 Å². The highest BCUT2D eigenvalue weighted by atomic mass is 35.5. The maximum absolute atomic E-state index is 12.0. The Labute approximate surface area is 101 Å². The molecular weight excluding hydrogens is 263 g/mol. The van der Waals surface area contributed by atoms with Crippen LogP contribution in [0, 0.1) is 0 Å². The maximum atomic E-state index is 12.0. The molecule has 1 unspecified atom stereocenters. The quantitative estimate of drug-likeness (QED) is 0.883. The number of benzene rings is 1. The fourth-order valence-electron chi connectivity index (χ4n) is 1.09. The second-order valence-corrected chi connectivity index (χ2v) is 2.90.